The van der Waals surface area contributed by atoms with Crippen LogP contribution in [0.4, 0.5) is 11.4 Å². The quantitative estimate of drug-likeness (QED) is 0.628. The lowest BCUT2D eigenvalue weighted by atomic mass is 10.2. The van der Waals surface area contributed by atoms with Crippen LogP contribution in [0.25, 0.3) is 10.9 Å². The summed E-state index contributed by atoms with van der Waals surface area (Å²) < 4.78 is 7.32. The second-order valence-corrected chi connectivity index (χ2v) is 5.04. The average molecular weight is 279 g/mol. The maximum Gasteiger partial charge on any atom is 0.119 e. The minimum Gasteiger partial charge on any atom is -0.497 e. The van der Waals surface area contributed by atoms with E-state index in [-0.39, 0.29) is 0 Å². The van der Waals surface area contributed by atoms with Gasteiger partial charge in [0.2, 0.25) is 0 Å². The summed E-state index contributed by atoms with van der Waals surface area (Å²) in [5.41, 5.74) is 4.00. The van der Waals surface area contributed by atoms with Gasteiger partial charge in [-0.05, 0) is 37.3 Å². The topological polar surface area (TPSA) is 38.9 Å². The zero-order chi connectivity index (χ0) is 14.8. The Morgan fingerprint density at radius 1 is 1.00 bits per heavy atom. The molecule has 0 aliphatic carbocycles. The van der Waals surface area contributed by atoms with E-state index in [4.69, 9.17) is 4.74 Å². The van der Waals surface area contributed by atoms with E-state index in [1.54, 1.807) is 7.11 Å². The average Bonchev–Trinajstić information content (AvgIpc) is 2.82. The van der Waals surface area contributed by atoms with E-state index in [1.807, 2.05) is 60.3 Å². The van der Waals surface area contributed by atoms with E-state index in [2.05, 4.69) is 17.2 Å². The molecule has 0 fully saturated rings. The van der Waals surface area contributed by atoms with Gasteiger partial charge in [0.1, 0.15) is 11.4 Å². The Labute approximate surface area is 123 Å². The molecule has 0 atom stereocenters. The third-order valence-electron chi connectivity index (χ3n) is 3.48. The summed E-state index contributed by atoms with van der Waals surface area (Å²) in [6.07, 6.45) is 1.97. The van der Waals surface area contributed by atoms with E-state index in [1.165, 1.54) is 5.56 Å². The minimum absolute atomic E-state index is 0.820. The molecule has 0 aliphatic rings. The van der Waals surface area contributed by atoms with Crippen LogP contribution in [0.1, 0.15) is 5.56 Å². The van der Waals surface area contributed by atoms with Crippen LogP contribution in [0.5, 0.6) is 5.75 Å². The van der Waals surface area contributed by atoms with Gasteiger partial charge < -0.3 is 9.30 Å². The molecule has 4 nitrogen and oxygen atoms in total. The number of rotatable bonds is 3. The highest BCUT2D eigenvalue weighted by molar-refractivity contribution is 5.92. The molecule has 0 aliphatic heterocycles. The first-order chi connectivity index (χ1) is 10.2. The van der Waals surface area contributed by atoms with Crippen molar-refractivity contribution in [3.63, 3.8) is 0 Å². The van der Waals surface area contributed by atoms with E-state index in [0.29, 0.717) is 0 Å². The predicted molar refractivity (Wildman–Crippen MR) is 84.8 cm³/mol. The van der Waals surface area contributed by atoms with Crippen LogP contribution in [-0.4, -0.2) is 11.7 Å². The molecule has 21 heavy (non-hydrogen) atoms. The van der Waals surface area contributed by atoms with Gasteiger partial charge in [0.15, 0.2) is 0 Å². The summed E-state index contributed by atoms with van der Waals surface area (Å²) in [5, 5.41) is 9.72. The zero-order valence-electron chi connectivity index (χ0n) is 12.4. The molecule has 106 valence electrons. The highest BCUT2D eigenvalue weighted by atomic mass is 16.5. The first-order valence-electron chi connectivity index (χ1n) is 6.79. The molecule has 3 aromatic rings. The number of fused-ring (bicyclic) bond motifs is 1. The summed E-state index contributed by atoms with van der Waals surface area (Å²) in [5.74, 6) is 0.820. The molecule has 0 saturated heterocycles. The minimum atomic E-state index is 0.820. The smallest absolute Gasteiger partial charge is 0.119 e. The molecular weight excluding hydrogens is 262 g/mol. The molecule has 0 N–H and O–H groups in total. The zero-order valence-corrected chi connectivity index (χ0v) is 12.4. The Hall–Kier alpha value is -2.62. The van der Waals surface area contributed by atoms with Gasteiger partial charge in [-0.2, -0.15) is 5.11 Å². The molecule has 3 rings (SSSR count). The number of aryl methyl sites for hydroxylation is 2. The molecule has 4 heteroatoms. The number of benzene rings is 2. The highest BCUT2D eigenvalue weighted by Gasteiger charge is 2.07. The van der Waals surface area contributed by atoms with Crippen molar-refractivity contribution in [2.45, 2.75) is 6.92 Å². The standard InChI is InChI=1S/C17H17N3O/c1-12-4-6-13(7-5-12)18-19-16-11-20(2)17-9-8-14(21-3)10-15(16)17/h4-11H,1-3H3/b19-18+. The summed E-state index contributed by atoms with van der Waals surface area (Å²) in [6.45, 7) is 2.05. The monoisotopic (exact) mass is 279 g/mol. The van der Waals surface area contributed by atoms with Crippen LogP contribution in [0, 0.1) is 6.92 Å². The highest BCUT2D eigenvalue weighted by Crippen LogP contribution is 2.32. The predicted octanol–water partition coefficient (Wildman–Crippen LogP) is 4.91. The van der Waals surface area contributed by atoms with Gasteiger partial charge in [-0.25, -0.2) is 0 Å². The normalized spacial score (nSPS) is 11.4. The molecule has 0 saturated carbocycles. The second kappa shape index (κ2) is 5.40. The Morgan fingerprint density at radius 2 is 1.76 bits per heavy atom. The molecule has 0 bridgehead atoms. The summed E-state index contributed by atoms with van der Waals surface area (Å²) in [6, 6.07) is 13.9. The Kier molecular flexibility index (Phi) is 3.44. The van der Waals surface area contributed by atoms with Gasteiger partial charge in [0, 0.05) is 18.6 Å². The number of ether oxygens (including phenoxy) is 1. The van der Waals surface area contributed by atoms with Crippen molar-refractivity contribution in [3.05, 3.63) is 54.2 Å². The Bertz CT molecular complexity index is 801. The van der Waals surface area contributed by atoms with Crippen LogP contribution in [-0.2, 0) is 7.05 Å². The van der Waals surface area contributed by atoms with Crippen LogP contribution < -0.4 is 4.74 Å². The Balaban J connectivity index is 2.01. The van der Waals surface area contributed by atoms with E-state index < -0.39 is 0 Å². The van der Waals surface area contributed by atoms with E-state index in [9.17, 15) is 0 Å². The first kappa shape index (κ1) is 13.4. The number of hydrogen-bond acceptors (Lipinski definition) is 3. The van der Waals surface area contributed by atoms with Gasteiger partial charge >= 0.3 is 0 Å². The number of aromatic nitrogens is 1. The number of hydrogen-bond donors (Lipinski definition) is 0. The lowest BCUT2D eigenvalue weighted by Crippen LogP contribution is -1.84. The maximum atomic E-state index is 5.28. The van der Waals surface area contributed by atoms with Crippen molar-refractivity contribution in [2.24, 2.45) is 17.3 Å². The molecule has 0 spiro atoms. The van der Waals surface area contributed by atoms with Gasteiger partial charge in [-0.3, -0.25) is 0 Å². The number of methoxy groups -OCH3 is 1. The van der Waals surface area contributed by atoms with Crippen molar-refractivity contribution in [2.75, 3.05) is 7.11 Å². The molecule has 0 radical (unpaired) electrons. The lowest BCUT2D eigenvalue weighted by Gasteiger charge is -2.00. The van der Waals surface area contributed by atoms with Crippen molar-refractivity contribution >= 4 is 22.3 Å². The second-order valence-electron chi connectivity index (χ2n) is 5.04. The molecule has 0 amide bonds. The van der Waals surface area contributed by atoms with Crippen molar-refractivity contribution < 1.29 is 4.74 Å². The fraction of sp³-hybridized carbons (Fsp3) is 0.176. The van der Waals surface area contributed by atoms with Crippen LogP contribution in [0.3, 0.4) is 0 Å². The van der Waals surface area contributed by atoms with Crippen LogP contribution >= 0.6 is 0 Å². The Morgan fingerprint density at radius 3 is 2.48 bits per heavy atom. The molecule has 0 unspecified atom stereocenters. The molecule has 2 aromatic carbocycles. The summed E-state index contributed by atoms with van der Waals surface area (Å²) in [4.78, 5) is 0. The van der Waals surface area contributed by atoms with Crippen LogP contribution in [0.15, 0.2) is 58.9 Å². The van der Waals surface area contributed by atoms with Crippen molar-refractivity contribution in [1.29, 1.82) is 0 Å². The van der Waals surface area contributed by atoms with Gasteiger partial charge in [0.25, 0.3) is 0 Å². The summed E-state index contributed by atoms with van der Waals surface area (Å²) >= 11 is 0. The maximum absolute atomic E-state index is 5.28. The van der Waals surface area contributed by atoms with Gasteiger partial charge in [-0.15, -0.1) is 5.11 Å². The summed E-state index contributed by atoms with van der Waals surface area (Å²) in [7, 11) is 3.66. The van der Waals surface area contributed by atoms with Crippen molar-refractivity contribution in [3.8, 4) is 5.75 Å². The molecule has 1 heterocycles. The van der Waals surface area contributed by atoms with Crippen molar-refractivity contribution in [1.82, 2.24) is 4.57 Å². The number of azo groups is 1. The first-order valence-corrected chi connectivity index (χ1v) is 6.79. The third-order valence-corrected chi connectivity index (χ3v) is 3.48. The molecular formula is C17H17N3O. The largest absolute Gasteiger partial charge is 0.497 e. The SMILES string of the molecule is COc1ccc2c(c1)c(/N=N/c1ccc(C)cc1)cn2C. The van der Waals surface area contributed by atoms with Crippen LogP contribution in [0.2, 0.25) is 0 Å². The fourth-order valence-corrected chi connectivity index (χ4v) is 2.28. The third kappa shape index (κ3) is 2.65. The lowest BCUT2D eigenvalue weighted by molar-refractivity contribution is 0.415. The fourth-order valence-electron chi connectivity index (χ4n) is 2.28. The number of nitrogens with zero attached hydrogens (tertiary/aromatic N) is 3. The van der Waals surface area contributed by atoms with Gasteiger partial charge in [0.05, 0.1) is 18.3 Å². The van der Waals surface area contributed by atoms with E-state index in [0.717, 1.165) is 28.0 Å². The van der Waals surface area contributed by atoms with E-state index >= 15 is 0 Å². The molecule has 1 aromatic heterocycles. The van der Waals surface area contributed by atoms with Gasteiger partial charge in [-0.1, -0.05) is 17.7 Å².